The van der Waals surface area contributed by atoms with Gasteiger partial charge in [0.05, 0.1) is 36.8 Å². The van der Waals surface area contributed by atoms with Crippen LogP contribution in [0.25, 0.3) is 17.1 Å². The fraction of sp³-hybridized carbons (Fsp3) is 0.238. The third kappa shape index (κ3) is 4.12. The lowest BCUT2D eigenvalue weighted by Gasteiger charge is -2.10. The molecule has 0 bridgehead atoms. The van der Waals surface area contributed by atoms with Crippen LogP contribution in [0.5, 0.6) is 11.5 Å². The first kappa shape index (κ1) is 19.8. The normalized spacial score (nSPS) is 11.1. The molecule has 7 heteroatoms. The molecule has 1 heterocycles. The quantitative estimate of drug-likeness (QED) is 0.608. The Labute approximate surface area is 168 Å². The second kappa shape index (κ2) is 8.80. The van der Waals surface area contributed by atoms with Crippen LogP contribution in [-0.4, -0.2) is 29.7 Å². The molecule has 3 rings (SSSR count). The van der Waals surface area contributed by atoms with E-state index in [0.29, 0.717) is 23.1 Å². The third-order valence-corrected chi connectivity index (χ3v) is 4.63. The van der Waals surface area contributed by atoms with Gasteiger partial charge in [-0.3, -0.25) is 4.79 Å². The maximum atomic E-state index is 12.2. The number of carbonyl (C=O) groups excluding carboxylic acids is 1. The van der Waals surface area contributed by atoms with Crippen LogP contribution in [0.2, 0.25) is 5.02 Å². The van der Waals surface area contributed by atoms with Crippen LogP contribution in [0.3, 0.4) is 0 Å². The lowest BCUT2D eigenvalue weighted by atomic mass is 10.2. The Kier molecular flexibility index (Phi) is 6.21. The highest BCUT2D eigenvalue weighted by Crippen LogP contribution is 2.36. The third-order valence-electron chi connectivity index (χ3n) is 4.35. The van der Waals surface area contributed by atoms with E-state index in [9.17, 15) is 4.79 Å². The van der Waals surface area contributed by atoms with Crippen molar-refractivity contribution in [1.29, 1.82) is 0 Å². The van der Waals surface area contributed by atoms with Crippen LogP contribution in [0.1, 0.15) is 18.3 Å². The number of methoxy groups -OCH3 is 2. The molecule has 1 amide bonds. The number of hydrogen-bond acceptors (Lipinski definition) is 4. The molecule has 0 atom stereocenters. The number of hydrogen-bond donors (Lipinski definition) is 1. The first-order valence-corrected chi connectivity index (χ1v) is 9.26. The average Bonchev–Trinajstić information content (AvgIpc) is 3.07. The monoisotopic (exact) mass is 399 g/mol. The van der Waals surface area contributed by atoms with Gasteiger partial charge in [-0.15, -0.1) is 0 Å². The lowest BCUT2D eigenvalue weighted by Crippen LogP contribution is -2.22. The zero-order valence-corrected chi connectivity index (χ0v) is 16.8. The number of rotatable bonds is 7. The van der Waals surface area contributed by atoms with E-state index in [2.05, 4.69) is 21.8 Å². The fourth-order valence-corrected chi connectivity index (χ4v) is 3.34. The van der Waals surface area contributed by atoms with Gasteiger partial charge in [-0.05, 0) is 42.8 Å². The second-order valence-corrected chi connectivity index (χ2v) is 6.46. The molecule has 0 unspecified atom stereocenters. The summed E-state index contributed by atoms with van der Waals surface area (Å²) in [7, 11) is 3.06. The number of fused-ring (bicyclic) bond motifs is 1. The number of halogens is 1. The molecule has 0 radical (unpaired) electrons. The number of ether oxygens (including phenoxy) is 2. The fourth-order valence-electron chi connectivity index (χ4n) is 3.04. The minimum absolute atomic E-state index is 0.222. The summed E-state index contributed by atoms with van der Waals surface area (Å²) >= 11 is 6.19. The highest BCUT2D eigenvalue weighted by molar-refractivity contribution is 6.32. The molecule has 2 aromatic carbocycles. The van der Waals surface area contributed by atoms with Gasteiger partial charge in [-0.25, -0.2) is 4.98 Å². The summed E-state index contributed by atoms with van der Waals surface area (Å²) in [5.74, 6) is 1.57. The Morgan fingerprint density at radius 1 is 1.25 bits per heavy atom. The van der Waals surface area contributed by atoms with Crippen molar-refractivity contribution in [2.24, 2.45) is 0 Å². The van der Waals surface area contributed by atoms with E-state index >= 15 is 0 Å². The van der Waals surface area contributed by atoms with Crippen molar-refractivity contribution < 1.29 is 14.3 Å². The first-order valence-electron chi connectivity index (χ1n) is 8.89. The molecule has 28 heavy (non-hydrogen) atoms. The van der Waals surface area contributed by atoms with Crippen molar-refractivity contribution in [3.63, 3.8) is 0 Å². The number of aromatic nitrogens is 2. The van der Waals surface area contributed by atoms with Crippen LogP contribution in [0.15, 0.2) is 42.5 Å². The molecule has 0 fully saturated rings. The van der Waals surface area contributed by atoms with Crippen molar-refractivity contribution in [2.45, 2.75) is 20.0 Å². The molecule has 0 saturated carbocycles. The average molecular weight is 400 g/mol. The van der Waals surface area contributed by atoms with Crippen molar-refractivity contribution in [1.82, 2.24) is 14.9 Å². The largest absolute Gasteiger partial charge is 0.493 e. The summed E-state index contributed by atoms with van der Waals surface area (Å²) in [6.07, 6.45) is 3.13. The minimum Gasteiger partial charge on any atom is -0.493 e. The molecule has 6 nitrogen and oxygen atoms in total. The number of aryl methyl sites for hydroxylation is 1. The number of amides is 1. The van der Waals surface area contributed by atoms with Crippen LogP contribution >= 0.6 is 11.6 Å². The molecular formula is C21H22ClN3O3. The molecule has 1 N–H and O–H groups in total. The van der Waals surface area contributed by atoms with E-state index in [1.165, 1.54) is 20.3 Å². The summed E-state index contributed by atoms with van der Waals surface area (Å²) in [6, 6.07) is 11.4. The Hall–Kier alpha value is -2.99. The van der Waals surface area contributed by atoms with E-state index < -0.39 is 0 Å². The van der Waals surface area contributed by atoms with Crippen molar-refractivity contribution in [3.8, 4) is 11.5 Å². The van der Waals surface area contributed by atoms with Gasteiger partial charge in [0.15, 0.2) is 11.5 Å². The summed E-state index contributed by atoms with van der Waals surface area (Å²) in [4.78, 5) is 16.8. The molecule has 1 aromatic heterocycles. The number of nitrogens with one attached hydrogen (secondary N) is 1. The number of carbonyl (C=O) groups is 1. The Morgan fingerprint density at radius 3 is 2.75 bits per heavy atom. The Bertz CT molecular complexity index is 1030. The highest BCUT2D eigenvalue weighted by Gasteiger charge is 2.11. The molecule has 0 saturated heterocycles. The maximum Gasteiger partial charge on any atom is 0.244 e. The number of para-hydroxylation sites is 2. The van der Waals surface area contributed by atoms with Crippen molar-refractivity contribution in [2.75, 3.05) is 14.2 Å². The molecule has 0 spiro atoms. The van der Waals surface area contributed by atoms with Crippen molar-refractivity contribution >= 4 is 34.6 Å². The standard InChI is InChI=1S/C21H22ClN3O3/c1-4-25-17-8-6-5-7-16(17)24-19(25)13-23-20(26)10-9-14-11-15(22)21(28-3)18(12-14)27-2/h5-12H,4,13H2,1-3H3,(H,23,26). The number of nitrogens with zero attached hydrogens (tertiary/aromatic N) is 2. The van der Waals surface area contributed by atoms with Gasteiger partial charge in [-0.2, -0.15) is 0 Å². The van der Waals surface area contributed by atoms with E-state index in [4.69, 9.17) is 21.1 Å². The summed E-state index contributed by atoms with van der Waals surface area (Å²) < 4.78 is 12.6. The predicted octanol–water partition coefficient (Wildman–Crippen LogP) is 4.06. The van der Waals surface area contributed by atoms with Crippen LogP contribution < -0.4 is 14.8 Å². The Balaban J connectivity index is 1.70. The second-order valence-electron chi connectivity index (χ2n) is 6.05. The van der Waals surface area contributed by atoms with E-state index in [0.717, 1.165) is 29.0 Å². The summed E-state index contributed by atoms with van der Waals surface area (Å²) in [5.41, 5.74) is 2.72. The highest BCUT2D eigenvalue weighted by atomic mass is 35.5. The summed E-state index contributed by atoms with van der Waals surface area (Å²) in [6.45, 7) is 3.18. The zero-order chi connectivity index (χ0) is 20.1. The first-order chi connectivity index (χ1) is 13.6. The number of benzene rings is 2. The van der Waals surface area contributed by atoms with E-state index in [1.54, 1.807) is 18.2 Å². The van der Waals surface area contributed by atoms with E-state index in [1.807, 2.05) is 24.3 Å². The molecule has 3 aromatic rings. The smallest absolute Gasteiger partial charge is 0.244 e. The lowest BCUT2D eigenvalue weighted by molar-refractivity contribution is -0.116. The predicted molar refractivity (Wildman–Crippen MR) is 111 cm³/mol. The van der Waals surface area contributed by atoms with Gasteiger partial charge in [0, 0.05) is 12.6 Å². The molecular weight excluding hydrogens is 378 g/mol. The van der Waals surface area contributed by atoms with Gasteiger partial charge in [-0.1, -0.05) is 23.7 Å². The zero-order valence-electron chi connectivity index (χ0n) is 16.0. The van der Waals surface area contributed by atoms with Crippen LogP contribution in [-0.2, 0) is 17.9 Å². The molecule has 0 aliphatic heterocycles. The number of imidazole rings is 1. The molecule has 0 aliphatic carbocycles. The Morgan fingerprint density at radius 2 is 2.04 bits per heavy atom. The van der Waals surface area contributed by atoms with Gasteiger partial charge in [0.25, 0.3) is 0 Å². The molecule has 0 aliphatic rings. The van der Waals surface area contributed by atoms with Gasteiger partial charge >= 0.3 is 0 Å². The minimum atomic E-state index is -0.222. The van der Waals surface area contributed by atoms with Crippen molar-refractivity contribution in [3.05, 3.63) is 58.9 Å². The topological polar surface area (TPSA) is 65.4 Å². The summed E-state index contributed by atoms with van der Waals surface area (Å²) in [5, 5.41) is 3.29. The van der Waals surface area contributed by atoms with Gasteiger partial charge < -0.3 is 19.4 Å². The van der Waals surface area contributed by atoms with E-state index in [-0.39, 0.29) is 5.91 Å². The van der Waals surface area contributed by atoms with Gasteiger partial charge in [0.2, 0.25) is 5.91 Å². The van der Waals surface area contributed by atoms with Crippen LogP contribution in [0.4, 0.5) is 0 Å². The maximum absolute atomic E-state index is 12.2. The molecule has 146 valence electrons. The van der Waals surface area contributed by atoms with Crippen LogP contribution in [0, 0.1) is 0 Å². The van der Waals surface area contributed by atoms with Gasteiger partial charge in [0.1, 0.15) is 5.82 Å². The SMILES string of the molecule is CCn1c(CNC(=O)C=Cc2cc(Cl)c(OC)c(OC)c2)nc2ccccc21.